The number of carbonyl (C=O) groups is 1. The molecule has 1 amide bonds. The van der Waals surface area contributed by atoms with Gasteiger partial charge in [-0.25, -0.2) is 9.48 Å². The van der Waals surface area contributed by atoms with Crippen molar-refractivity contribution in [3.05, 3.63) is 46.8 Å². The average molecular weight is 408 g/mol. The van der Waals surface area contributed by atoms with Gasteiger partial charge in [0.1, 0.15) is 23.1 Å². The number of epoxide rings is 1. The molecule has 2 aromatic rings. The van der Waals surface area contributed by atoms with E-state index in [0.29, 0.717) is 30.7 Å². The summed E-state index contributed by atoms with van der Waals surface area (Å²) in [6.07, 6.45) is -2.17. The van der Waals surface area contributed by atoms with Gasteiger partial charge >= 0.3 is 12.3 Å². The van der Waals surface area contributed by atoms with Crippen LogP contribution >= 0.6 is 0 Å². The van der Waals surface area contributed by atoms with Crippen LogP contribution in [0.25, 0.3) is 0 Å². The molecule has 1 aromatic carbocycles. The molecule has 1 aliphatic heterocycles. The minimum atomic E-state index is -4.37. The van der Waals surface area contributed by atoms with E-state index in [1.165, 1.54) is 12.1 Å². The molecular formula is C19H19F3N4O3. The number of aromatic nitrogens is 3. The number of fused-ring (bicyclic) bond motifs is 2. The fourth-order valence-corrected chi connectivity index (χ4v) is 3.75. The third-order valence-electron chi connectivity index (χ3n) is 5.56. The third-order valence-corrected chi connectivity index (χ3v) is 5.56. The van der Waals surface area contributed by atoms with Gasteiger partial charge in [0, 0.05) is 6.04 Å². The highest BCUT2D eigenvalue weighted by atomic mass is 19.4. The first-order valence-corrected chi connectivity index (χ1v) is 9.55. The highest BCUT2D eigenvalue weighted by molar-refractivity contribution is 5.68. The lowest BCUT2D eigenvalue weighted by atomic mass is 9.88. The molecule has 1 saturated carbocycles. The number of alkyl carbamates (subject to hydrolysis) is 1. The average Bonchev–Trinajstić information content (AvgIpc) is 3.59. The van der Waals surface area contributed by atoms with Crippen molar-refractivity contribution >= 4 is 6.09 Å². The number of hydrogen-bond donors (Lipinski definition) is 1. The van der Waals surface area contributed by atoms with Gasteiger partial charge in [-0.3, -0.25) is 0 Å². The molecule has 2 heterocycles. The summed E-state index contributed by atoms with van der Waals surface area (Å²) in [6.45, 7) is 0.786. The van der Waals surface area contributed by atoms with E-state index in [1.54, 1.807) is 4.68 Å². The van der Waals surface area contributed by atoms with E-state index < -0.39 is 29.5 Å². The Kier molecular flexibility index (Phi) is 4.09. The number of ether oxygens (including phenoxy) is 2. The number of nitrogens with one attached hydrogen (secondary N) is 1. The van der Waals surface area contributed by atoms with Gasteiger partial charge in [0.2, 0.25) is 0 Å². The van der Waals surface area contributed by atoms with E-state index in [4.69, 9.17) is 9.47 Å². The summed E-state index contributed by atoms with van der Waals surface area (Å²) in [4.78, 5) is 12.0. The second-order valence-electron chi connectivity index (χ2n) is 7.81. The molecule has 1 N–H and O–H groups in total. The quantitative estimate of drug-likeness (QED) is 0.786. The van der Waals surface area contributed by atoms with Gasteiger partial charge in [-0.05, 0) is 43.4 Å². The van der Waals surface area contributed by atoms with Gasteiger partial charge in [0.25, 0.3) is 0 Å². The Labute approximate surface area is 164 Å². The number of nitrogens with zero attached hydrogens (tertiary/aromatic N) is 3. The first-order valence-electron chi connectivity index (χ1n) is 9.55. The molecule has 154 valence electrons. The molecule has 2 aliphatic carbocycles. The fraction of sp³-hybridized carbons (Fsp3) is 0.526. The van der Waals surface area contributed by atoms with E-state index in [1.807, 2.05) is 0 Å². The smallest absolute Gasteiger partial charge is 0.416 e. The summed E-state index contributed by atoms with van der Waals surface area (Å²) >= 11 is 0. The lowest BCUT2D eigenvalue weighted by molar-refractivity contribution is -0.137. The molecule has 1 unspecified atom stereocenters. The van der Waals surface area contributed by atoms with Crippen molar-refractivity contribution in [1.82, 2.24) is 20.3 Å². The molecule has 1 spiro atoms. The maximum Gasteiger partial charge on any atom is 0.416 e. The number of carbonyl (C=O) groups excluding carboxylic acids is 1. The zero-order chi connectivity index (χ0) is 20.2. The van der Waals surface area contributed by atoms with Gasteiger partial charge in [-0.15, -0.1) is 5.10 Å². The van der Waals surface area contributed by atoms with Crippen LogP contribution < -0.4 is 5.32 Å². The number of rotatable bonds is 4. The summed E-state index contributed by atoms with van der Waals surface area (Å²) in [5, 5.41) is 11.2. The van der Waals surface area contributed by atoms with Crippen LogP contribution in [0.4, 0.5) is 18.0 Å². The van der Waals surface area contributed by atoms with Crippen LogP contribution in [0, 0.1) is 0 Å². The molecule has 0 radical (unpaired) electrons. The van der Waals surface area contributed by atoms with Gasteiger partial charge in [0.05, 0.1) is 18.7 Å². The van der Waals surface area contributed by atoms with Crippen LogP contribution in [0.15, 0.2) is 24.3 Å². The number of hydrogen-bond acceptors (Lipinski definition) is 5. The maximum absolute atomic E-state index is 12.8. The van der Waals surface area contributed by atoms with E-state index in [2.05, 4.69) is 15.6 Å². The molecule has 0 bridgehead atoms. The lowest BCUT2D eigenvalue weighted by Crippen LogP contribution is -2.31. The van der Waals surface area contributed by atoms with Crippen molar-refractivity contribution in [1.29, 1.82) is 0 Å². The normalized spacial score (nSPS) is 25.6. The first-order chi connectivity index (χ1) is 13.8. The summed E-state index contributed by atoms with van der Waals surface area (Å²) in [5.74, 6) is 0. The Hall–Kier alpha value is -2.62. The zero-order valence-electron chi connectivity index (χ0n) is 15.4. The molecule has 5 rings (SSSR count). The number of halogens is 3. The number of benzene rings is 1. The molecule has 2 fully saturated rings. The van der Waals surface area contributed by atoms with Crippen LogP contribution in [0.1, 0.15) is 54.3 Å². The van der Waals surface area contributed by atoms with Crippen LogP contribution in [0.2, 0.25) is 0 Å². The summed E-state index contributed by atoms with van der Waals surface area (Å²) in [6, 6.07) is 5.15. The first kappa shape index (κ1) is 18.4. The van der Waals surface area contributed by atoms with Crippen molar-refractivity contribution in [2.75, 3.05) is 6.61 Å². The van der Waals surface area contributed by atoms with E-state index in [9.17, 15) is 18.0 Å². The van der Waals surface area contributed by atoms with Crippen LogP contribution in [0.3, 0.4) is 0 Å². The Morgan fingerprint density at radius 3 is 2.62 bits per heavy atom. The lowest BCUT2D eigenvalue weighted by Gasteiger charge is -2.26. The van der Waals surface area contributed by atoms with Gasteiger partial charge in [-0.1, -0.05) is 17.3 Å². The Morgan fingerprint density at radius 1 is 1.28 bits per heavy atom. The van der Waals surface area contributed by atoms with Crippen molar-refractivity contribution in [3.8, 4) is 0 Å². The largest absolute Gasteiger partial charge is 0.440 e. The Morgan fingerprint density at radius 2 is 2.00 bits per heavy atom. The number of amides is 1. The maximum atomic E-state index is 12.8. The highest BCUT2D eigenvalue weighted by Gasteiger charge is 2.55. The highest BCUT2D eigenvalue weighted by Crippen LogP contribution is 2.51. The van der Waals surface area contributed by atoms with E-state index in [0.717, 1.165) is 30.7 Å². The summed E-state index contributed by atoms with van der Waals surface area (Å²) < 4.78 is 51.2. The predicted molar refractivity (Wildman–Crippen MR) is 92.8 cm³/mol. The Balaban J connectivity index is 1.37. The SMILES string of the molecule is O=C(NC1CC1)O[C@@H]1CCC2(CO2)c2c1nnn2Cc1ccc(C(F)(F)F)cc1. The topological polar surface area (TPSA) is 81.6 Å². The molecule has 1 saturated heterocycles. The van der Waals surface area contributed by atoms with Crippen LogP contribution in [-0.4, -0.2) is 33.7 Å². The molecule has 2 atom stereocenters. The second-order valence-corrected chi connectivity index (χ2v) is 7.81. The summed E-state index contributed by atoms with van der Waals surface area (Å²) in [5.41, 5.74) is 0.784. The van der Waals surface area contributed by atoms with Crippen molar-refractivity contribution < 1.29 is 27.4 Å². The van der Waals surface area contributed by atoms with Gasteiger partial charge in [-0.2, -0.15) is 13.2 Å². The molecule has 1 aromatic heterocycles. The fourth-order valence-electron chi connectivity index (χ4n) is 3.75. The minimum Gasteiger partial charge on any atom is -0.440 e. The van der Waals surface area contributed by atoms with Gasteiger partial charge < -0.3 is 14.8 Å². The van der Waals surface area contributed by atoms with Crippen molar-refractivity contribution in [3.63, 3.8) is 0 Å². The molecule has 7 nitrogen and oxygen atoms in total. The molecule has 3 aliphatic rings. The van der Waals surface area contributed by atoms with Crippen molar-refractivity contribution in [2.24, 2.45) is 0 Å². The van der Waals surface area contributed by atoms with Crippen LogP contribution in [-0.2, 0) is 27.8 Å². The monoisotopic (exact) mass is 408 g/mol. The van der Waals surface area contributed by atoms with Crippen molar-refractivity contribution in [2.45, 2.75) is 56.2 Å². The standard InChI is InChI=1S/C19H19F3N4O3/c20-19(21,22)12-3-1-11(2-4-12)9-26-16-15(24-25-26)14(7-8-18(16)10-28-18)29-17(27)23-13-5-6-13/h1-4,13-14H,5-10H2,(H,23,27)/t14-,18?/m1/s1. The van der Waals surface area contributed by atoms with E-state index in [-0.39, 0.29) is 12.6 Å². The van der Waals surface area contributed by atoms with E-state index >= 15 is 0 Å². The zero-order valence-corrected chi connectivity index (χ0v) is 15.4. The Bertz CT molecular complexity index is 933. The summed E-state index contributed by atoms with van der Waals surface area (Å²) in [7, 11) is 0. The molecule has 10 heteroatoms. The van der Waals surface area contributed by atoms with Crippen LogP contribution in [0.5, 0.6) is 0 Å². The van der Waals surface area contributed by atoms with Gasteiger partial charge in [0.15, 0.2) is 0 Å². The second kappa shape index (κ2) is 6.45. The molecular weight excluding hydrogens is 389 g/mol. The predicted octanol–water partition coefficient (Wildman–Crippen LogP) is 3.29. The molecule has 29 heavy (non-hydrogen) atoms. The minimum absolute atomic E-state index is 0.194. The third kappa shape index (κ3) is 3.57. The number of alkyl halides is 3.